The number of rotatable bonds is 10. The molecule has 5 nitrogen and oxygen atoms in total. The molecule has 0 aromatic heterocycles. The molecule has 0 amide bonds. The smallest absolute Gasteiger partial charge is 0.128 e. The highest BCUT2D eigenvalue weighted by atomic mass is 16.5. The van der Waals surface area contributed by atoms with Gasteiger partial charge in [0.25, 0.3) is 0 Å². The van der Waals surface area contributed by atoms with E-state index in [1.165, 1.54) is 0 Å². The van der Waals surface area contributed by atoms with Crippen LogP contribution in [-0.2, 0) is 25.7 Å². The quantitative estimate of drug-likeness (QED) is 0.161. The summed E-state index contributed by atoms with van der Waals surface area (Å²) in [6, 6.07) is 18.0. The summed E-state index contributed by atoms with van der Waals surface area (Å²) in [6.45, 7) is 11.3. The molecule has 39 heavy (non-hydrogen) atoms. The number of benzene rings is 4. The van der Waals surface area contributed by atoms with Crippen molar-refractivity contribution in [3.8, 4) is 34.5 Å². The summed E-state index contributed by atoms with van der Waals surface area (Å²) >= 11 is 0. The van der Waals surface area contributed by atoms with Crippen LogP contribution in [0.1, 0.15) is 44.5 Å². The standard InChI is InChI=1S/C34H34O5/c1-5-7-25-17-29(19-27(33(25)37)15-23-9-11-31(35)21(3)13-23)39-30-18-26(8-6-2)34(38)28(20-30)16-24-10-12-32(36)22(4)14-24/h5-6,9-14,17-20,35-38H,1-2,7-8,15-16H2,3-4H3. The zero-order chi connectivity index (χ0) is 28.1. The van der Waals surface area contributed by atoms with Crippen molar-refractivity contribution in [1.82, 2.24) is 0 Å². The summed E-state index contributed by atoms with van der Waals surface area (Å²) in [5, 5.41) is 41.7. The van der Waals surface area contributed by atoms with Gasteiger partial charge in [-0.05, 0) is 85.3 Å². The maximum absolute atomic E-state index is 11.0. The first kappa shape index (κ1) is 27.4. The minimum atomic E-state index is 0.189. The van der Waals surface area contributed by atoms with E-state index in [9.17, 15) is 20.4 Å². The van der Waals surface area contributed by atoms with Crippen molar-refractivity contribution >= 4 is 0 Å². The number of ether oxygens (including phenoxy) is 1. The van der Waals surface area contributed by atoms with E-state index in [-0.39, 0.29) is 23.0 Å². The van der Waals surface area contributed by atoms with E-state index in [1.807, 2.05) is 50.2 Å². The predicted octanol–water partition coefficient (Wildman–Crippen LogP) is 7.56. The molecule has 0 aliphatic rings. The average Bonchev–Trinajstić information content (AvgIpc) is 2.89. The van der Waals surface area contributed by atoms with Crippen LogP contribution in [0.5, 0.6) is 34.5 Å². The van der Waals surface area contributed by atoms with Crippen LogP contribution in [0.25, 0.3) is 0 Å². The Morgan fingerprint density at radius 1 is 0.590 bits per heavy atom. The van der Waals surface area contributed by atoms with E-state index in [4.69, 9.17) is 4.74 Å². The van der Waals surface area contributed by atoms with Crippen LogP contribution in [0.2, 0.25) is 0 Å². The summed E-state index contributed by atoms with van der Waals surface area (Å²) in [6.07, 6.45) is 5.30. The third-order valence-corrected chi connectivity index (χ3v) is 6.76. The molecule has 0 atom stereocenters. The second kappa shape index (κ2) is 11.8. The molecule has 200 valence electrons. The molecule has 0 aliphatic carbocycles. The summed E-state index contributed by atoms with van der Waals surface area (Å²) in [5.74, 6) is 1.94. The lowest BCUT2D eigenvalue weighted by Gasteiger charge is -2.16. The summed E-state index contributed by atoms with van der Waals surface area (Å²) in [5.41, 5.74) is 6.20. The minimum absolute atomic E-state index is 0.189. The van der Waals surface area contributed by atoms with Gasteiger partial charge in [-0.1, -0.05) is 36.4 Å². The van der Waals surface area contributed by atoms with Crippen molar-refractivity contribution in [2.24, 2.45) is 0 Å². The highest BCUT2D eigenvalue weighted by molar-refractivity contribution is 5.53. The molecule has 0 heterocycles. The van der Waals surface area contributed by atoms with Crippen LogP contribution >= 0.6 is 0 Å². The first-order valence-corrected chi connectivity index (χ1v) is 12.8. The van der Waals surface area contributed by atoms with Crippen molar-refractivity contribution in [2.45, 2.75) is 39.5 Å². The van der Waals surface area contributed by atoms with Gasteiger partial charge in [-0.2, -0.15) is 0 Å². The second-order valence-corrected chi connectivity index (χ2v) is 9.86. The molecule has 0 fully saturated rings. The van der Waals surface area contributed by atoms with Gasteiger partial charge >= 0.3 is 0 Å². The Labute approximate surface area is 229 Å². The lowest BCUT2D eigenvalue weighted by atomic mass is 9.97. The number of hydrogen-bond donors (Lipinski definition) is 4. The van der Waals surface area contributed by atoms with Gasteiger partial charge in [-0.15, -0.1) is 13.2 Å². The highest BCUT2D eigenvalue weighted by Gasteiger charge is 2.15. The van der Waals surface area contributed by atoms with Crippen molar-refractivity contribution in [3.05, 3.63) is 130 Å². The van der Waals surface area contributed by atoms with E-state index in [0.717, 1.165) is 22.3 Å². The fraction of sp³-hybridized carbons (Fsp3) is 0.176. The van der Waals surface area contributed by atoms with Gasteiger partial charge in [0.05, 0.1) is 0 Å². The first-order valence-electron chi connectivity index (χ1n) is 12.8. The zero-order valence-corrected chi connectivity index (χ0v) is 22.4. The molecular weight excluding hydrogens is 488 g/mol. The maximum atomic E-state index is 11.0. The molecule has 4 aromatic rings. The predicted molar refractivity (Wildman–Crippen MR) is 155 cm³/mol. The number of phenolic OH excluding ortho intramolecular Hbond substituents is 4. The molecule has 4 N–H and O–H groups in total. The molecule has 0 bridgehead atoms. The van der Waals surface area contributed by atoms with Crippen molar-refractivity contribution in [2.75, 3.05) is 0 Å². The van der Waals surface area contributed by atoms with Gasteiger partial charge < -0.3 is 25.2 Å². The molecule has 0 saturated carbocycles. The van der Waals surface area contributed by atoms with Gasteiger partial charge in [0.2, 0.25) is 0 Å². The van der Waals surface area contributed by atoms with Gasteiger partial charge in [0.1, 0.15) is 34.5 Å². The Morgan fingerprint density at radius 2 is 0.974 bits per heavy atom. The van der Waals surface area contributed by atoms with E-state index < -0.39 is 0 Å². The van der Waals surface area contributed by atoms with Crippen molar-refractivity contribution in [1.29, 1.82) is 0 Å². The van der Waals surface area contributed by atoms with Crippen LogP contribution < -0.4 is 4.74 Å². The molecule has 0 radical (unpaired) electrons. The van der Waals surface area contributed by atoms with Crippen molar-refractivity contribution < 1.29 is 25.2 Å². The van der Waals surface area contributed by atoms with Gasteiger partial charge in [0, 0.05) is 35.1 Å². The van der Waals surface area contributed by atoms with Crippen LogP contribution in [0.15, 0.2) is 86.0 Å². The third kappa shape index (κ3) is 6.44. The number of aryl methyl sites for hydroxylation is 2. The Balaban J connectivity index is 1.72. The SMILES string of the molecule is C=CCc1cc(Oc2cc(CC=C)c(O)c(Cc3ccc(O)c(C)c3)c2)cc(Cc2ccc(O)c(C)c2)c1O. The topological polar surface area (TPSA) is 90.2 Å². The van der Waals surface area contributed by atoms with Gasteiger partial charge in [-0.25, -0.2) is 0 Å². The summed E-state index contributed by atoms with van der Waals surface area (Å²) < 4.78 is 6.33. The zero-order valence-electron chi connectivity index (χ0n) is 22.4. The molecule has 0 spiro atoms. The van der Waals surface area contributed by atoms with E-state index >= 15 is 0 Å². The van der Waals surface area contributed by atoms with Crippen LogP contribution in [-0.4, -0.2) is 20.4 Å². The number of allylic oxidation sites excluding steroid dienone is 2. The van der Waals surface area contributed by atoms with Crippen LogP contribution in [0, 0.1) is 13.8 Å². The molecule has 0 unspecified atom stereocenters. The van der Waals surface area contributed by atoms with Crippen LogP contribution in [0.4, 0.5) is 0 Å². The number of phenols is 4. The van der Waals surface area contributed by atoms with E-state index in [2.05, 4.69) is 13.2 Å². The Morgan fingerprint density at radius 3 is 1.33 bits per heavy atom. The summed E-state index contributed by atoms with van der Waals surface area (Å²) in [7, 11) is 0. The van der Waals surface area contributed by atoms with Gasteiger partial charge in [-0.3, -0.25) is 0 Å². The van der Waals surface area contributed by atoms with E-state index in [1.54, 1.807) is 36.4 Å². The van der Waals surface area contributed by atoms with Gasteiger partial charge in [0.15, 0.2) is 0 Å². The van der Waals surface area contributed by atoms with E-state index in [0.29, 0.717) is 59.4 Å². The Hall–Kier alpha value is -4.64. The first-order chi connectivity index (χ1) is 18.7. The normalized spacial score (nSPS) is 10.8. The number of hydrogen-bond acceptors (Lipinski definition) is 5. The number of aromatic hydroxyl groups is 4. The molecule has 0 saturated heterocycles. The second-order valence-electron chi connectivity index (χ2n) is 9.86. The monoisotopic (exact) mass is 522 g/mol. The summed E-state index contributed by atoms with van der Waals surface area (Å²) in [4.78, 5) is 0. The molecular formula is C34H34O5. The minimum Gasteiger partial charge on any atom is -0.508 e. The third-order valence-electron chi connectivity index (χ3n) is 6.76. The van der Waals surface area contributed by atoms with Crippen molar-refractivity contribution in [3.63, 3.8) is 0 Å². The Bertz CT molecular complexity index is 1420. The largest absolute Gasteiger partial charge is 0.508 e. The fourth-order valence-electron chi connectivity index (χ4n) is 4.70. The highest BCUT2D eigenvalue weighted by Crippen LogP contribution is 2.37. The fourth-order valence-corrected chi connectivity index (χ4v) is 4.70. The lowest BCUT2D eigenvalue weighted by molar-refractivity contribution is 0.447. The molecule has 4 aromatic carbocycles. The average molecular weight is 523 g/mol. The Kier molecular flexibility index (Phi) is 8.30. The molecule has 0 aliphatic heterocycles. The van der Waals surface area contributed by atoms with Crippen LogP contribution in [0.3, 0.4) is 0 Å². The molecule has 5 heteroatoms. The lowest BCUT2D eigenvalue weighted by Crippen LogP contribution is -1.98. The molecule has 4 rings (SSSR count). The maximum Gasteiger partial charge on any atom is 0.128 e.